The van der Waals surface area contributed by atoms with Crippen molar-refractivity contribution in [1.29, 1.82) is 0 Å². The van der Waals surface area contributed by atoms with Crippen LogP contribution in [0.3, 0.4) is 0 Å². The molecule has 130 valence electrons. The third kappa shape index (κ3) is 5.79. The summed E-state index contributed by atoms with van der Waals surface area (Å²) < 4.78 is 26.7. The third-order valence-electron chi connectivity index (χ3n) is 3.60. The highest BCUT2D eigenvalue weighted by Gasteiger charge is 2.20. The first-order chi connectivity index (χ1) is 11.0. The van der Waals surface area contributed by atoms with Crippen molar-refractivity contribution in [1.82, 2.24) is 19.8 Å². The molecule has 2 N–H and O–H groups in total. The van der Waals surface area contributed by atoms with Crippen LogP contribution in [-0.4, -0.2) is 55.6 Å². The van der Waals surface area contributed by atoms with Gasteiger partial charge in [-0.2, -0.15) is 0 Å². The van der Waals surface area contributed by atoms with Crippen molar-refractivity contribution in [2.75, 3.05) is 31.5 Å². The summed E-state index contributed by atoms with van der Waals surface area (Å²) in [6, 6.07) is 0. The van der Waals surface area contributed by atoms with Crippen LogP contribution in [0.5, 0.6) is 0 Å². The van der Waals surface area contributed by atoms with Crippen molar-refractivity contribution in [2.24, 2.45) is 0 Å². The zero-order chi connectivity index (χ0) is 16.7. The van der Waals surface area contributed by atoms with Crippen LogP contribution < -0.4 is 10.0 Å². The second kappa shape index (κ2) is 8.67. The van der Waals surface area contributed by atoms with Crippen LogP contribution in [0, 0.1) is 0 Å². The molecule has 1 saturated heterocycles. The van der Waals surface area contributed by atoms with Crippen LogP contribution in [0.2, 0.25) is 0 Å². The van der Waals surface area contributed by atoms with E-state index in [0.717, 1.165) is 37.4 Å². The van der Waals surface area contributed by atoms with Gasteiger partial charge in [-0.3, -0.25) is 4.79 Å². The van der Waals surface area contributed by atoms with Gasteiger partial charge in [-0.25, -0.2) is 13.1 Å². The number of carbonyl (C=O) groups excluding carboxylic acids is 1. The van der Waals surface area contributed by atoms with Gasteiger partial charge in [0.1, 0.15) is 0 Å². The number of nitrogens with zero attached hydrogens (tertiary/aromatic N) is 3. The molecule has 0 aliphatic carbocycles. The number of sulfonamides is 1. The van der Waals surface area contributed by atoms with E-state index < -0.39 is 10.0 Å². The molecule has 10 heteroatoms. The predicted molar refractivity (Wildman–Crippen MR) is 88.9 cm³/mol. The van der Waals surface area contributed by atoms with Gasteiger partial charge in [0.25, 0.3) is 10.0 Å². The Morgan fingerprint density at radius 2 is 2.00 bits per heavy atom. The molecule has 2 rings (SSSR count). The lowest BCUT2D eigenvalue weighted by Gasteiger charge is -2.26. The molecule has 1 amide bonds. The molecule has 2 heterocycles. The molecule has 0 spiro atoms. The summed E-state index contributed by atoms with van der Waals surface area (Å²) in [6.45, 7) is 5.18. The van der Waals surface area contributed by atoms with Crippen molar-refractivity contribution >= 4 is 32.4 Å². The fraction of sp³-hybridized carbons (Fsp3) is 0.769. The van der Waals surface area contributed by atoms with Gasteiger partial charge in [-0.15, -0.1) is 10.2 Å². The van der Waals surface area contributed by atoms with Crippen LogP contribution in [0.25, 0.3) is 0 Å². The largest absolute Gasteiger partial charge is 0.303 e. The van der Waals surface area contributed by atoms with Crippen molar-refractivity contribution < 1.29 is 13.2 Å². The highest BCUT2D eigenvalue weighted by molar-refractivity contribution is 7.91. The molecule has 0 bridgehead atoms. The quantitative estimate of drug-likeness (QED) is 0.530. The minimum absolute atomic E-state index is 0.123. The van der Waals surface area contributed by atoms with Crippen molar-refractivity contribution in [2.45, 2.75) is 43.4 Å². The number of likely N-dealkylation sites (tertiary alicyclic amines) is 1. The number of piperidine rings is 1. The first kappa shape index (κ1) is 18.2. The number of nitrogens with one attached hydrogen (secondary N) is 2. The number of rotatable bonds is 8. The molecule has 1 aromatic rings. The monoisotopic (exact) mass is 361 g/mol. The summed E-state index contributed by atoms with van der Waals surface area (Å²) in [7, 11) is -3.66. The number of carbonyl (C=O) groups is 1. The van der Waals surface area contributed by atoms with Crippen LogP contribution >= 0.6 is 11.3 Å². The summed E-state index contributed by atoms with van der Waals surface area (Å²) in [5, 5.41) is 10.0. The standard InChI is InChI=1S/C13H23N5O3S2/c1-2-11(19)15-12-16-17-13(22-12)23(20,21)14-7-6-10-18-8-4-3-5-9-18/h14H,2-10H2,1H3,(H,15,16,19). The van der Waals surface area contributed by atoms with Crippen molar-refractivity contribution in [3.8, 4) is 0 Å². The first-order valence-electron chi connectivity index (χ1n) is 7.86. The number of hydrogen-bond acceptors (Lipinski definition) is 7. The minimum Gasteiger partial charge on any atom is -0.303 e. The molecular weight excluding hydrogens is 338 g/mol. The fourth-order valence-corrected chi connectivity index (χ4v) is 4.36. The zero-order valence-corrected chi connectivity index (χ0v) is 14.9. The van der Waals surface area contributed by atoms with E-state index in [4.69, 9.17) is 0 Å². The average Bonchev–Trinajstić information content (AvgIpc) is 3.02. The minimum atomic E-state index is -3.66. The molecule has 1 fully saturated rings. The molecule has 0 aromatic carbocycles. The summed E-state index contributed by atoms with van der Waals surface area (Å²) in [5.74, 6) is -0.223. The van der Waals surface area contributed by atoms with Gasteiger partial charge in [0.2, 0.25) is 15.4 Å². The van der Waals surface area contributed by atoms with Crippen LogP contribution in [0.15, 0.2) is 4.34 Å². The molecule has 0 unspecified atom stereocenters. The van der Waals surface area contributed by atoms with Crippen molar-refractivity contribution in [3.05, 3.63) is 0 Å². The zero-order valence-electron chi connectivity index (χ0n) is 13.2. The van der Waals surface area contributed by atoms with E-state index in [2.05, 4.69) is 25.1 Å². The van der Waals surface area contributed by atoms with E-state index in [1.807, 2.05) is 0 Å². The normalized spacial score (nSPS) is 16.4. The number of hydrogen-bond donors (Lipinski definition) is 2. The van der Waals surface area contributed by atoms with Gasteiger partial charge in [0, 0.05) is 13.0 Å². The number of aromatic nitrogens is 2. The van der Waals surface area contributed by atoms with Gasteiger partial charge in [0.15, 0.2) is 0 Å². The molecule has 0 saturated carbocycles. The van der Waals surface area contributed by atoms with E-state index in [1.165, 1.54) is 19.3 Å². The smallest absolute Gasteiger partial charge is 0.269 e. The number of anilines is 1. The lowest BCUT2D eigenvalue weighted by molar-refractivity contribution is -0.115. The lowest BCUT2D eigenvalue weighted by atomic mass is 10.1. The summed E-state index contributed by atoms with van der Waals surface area (Å²) in [4.78, 5) is 13.6. The van der Waals surface area contributed by atoms with E-state index in [9.17, 15) is 13.2 Å². The third-order valence-corrected chi connectivity index (χ3v) is 6.26. The van der Waals surface area contributed by atoms with Gasteiger partial charge < -0.3 is 10.2 Å². The van der Waals surface area contributed by atoms with Crippen molar-refractivity contribution in [3.63, 3.8) is 0 Å². The molecule has 0 radical (unpaired) electrons. The maximum absolute atomic E-state index is 12.1. The average molecular weight is 361 g/mol. The fourth-order valence-electron chi connectivity index (χ4n) is 2.33. The van der Waals surface area contributed by atoms with Gasteiger partial charge >= 0.3 is 0 Å². The molecule has 1 aliphatic rings. The Balaban J connectivity index is 1.78. The summed E-state index contributed by atoms with van der Waals surface area (Å²) in [5.41, 5.74) is 0. The second-order valence-corrected chi connectivity index (χ2v) is 8.35. The molecule has 8 nitrogen and oxygen atoms in total. The van der Waals surface area contributed by atoms with Gasteiger partial charge in [-0.1, -0.05) is 24.7 Å². The van der Waals surface area contributed by atoms with E-state index in [1.54, 1.807) is 6.92 Å². The van der Waals surface area contributed by atoms with Crippen LogP contribution in [-0.2, 0) is 14.8 Å². The maximum atomic E-state index is 12.1. The Hall–Kier alpha value is -1.10. The highest BCUT2D eigenvalue weighted by Crippen LogP contribution is 2.19. The first-order valence-corrected chi connectivity index (χ1v) is 10.2. The summed E-state index contributed by atoms with van der Waals surface area (Å²) >= 11 is 0.855. The molecular formula is C13H23N5O3S2. The molecule has 1 aliphatic heterocycles. The topological polar surface area (TPSA) is 104 Å². The Morgan fingerprint density at radius 3 is 2.70 bits per heavy atom. The van der Waals surface area contributed by atoms with E-state index in [-0.39, 0.29) is 15.4 Å². The number of amides is 1. The Labute approximate surface area is 140 Å². The van der Waals surface area contributed by atoms with Crippen LogP contribution in [0.1, 0.15) is 39.0 Å². The van der Waals surface area contributed by atoms with Crippen LogP contribution in [0.4, 0.5) is 5.13 Å². The predicted octanol–water partition coefficient (Wildman–Crippen LogP) is 1.04. The Bertz CT molecular complexity index is 611. The SMILES string of the molecule is CCC(=O)Nc1nnc(S(=O)(=O)NCCCN2CCCCC2)s1. The molecule has 23 heavy (non-hydrogen) atoms. The van der Waals surface area contributed by atoms with Gasteiger partial charge in [-0.05, 0) is 38.9 Å². The lowest BCUT2D eigenvalue weighted by Crippen LogP contribution is -2.33. The Kier molecular flexibility index (Phi) is 6.88. The second-order valence-electron chi connectivity index (χ2n) is 5.43. The van der Waals surface area contributed by atoms with E-state index in [0.29, 0.717) is 13.0 Å². The summed E-state index contributed by atoms with van der Waals surface area (Å²) in [6.07, 6.45) is 4.80. The van der Waals surface area contributed by atoms with E-state index >= 15 is 0 Å². The highest BCUT2D eigenvalue weighted by atomic mass is 32.2. The molecule has 0 atom stereocenters. The molecule has 1 aromatic heterocycles. The Morgan fingerprint density at radius 1 is 1.26 bits per heavy atom. The van der Waals surface area contributed by atoms with Gasteiger partial charge in [0.05, 0.1) is 0 Å². The maximum Gasteiger partial charge on any atom is 0.269 e.